The molecule has 0 aromatic heterocycles. The number of hydrogen-bond acceptors (Lipinski definition) is 4. The first kappa shape index (κ1) is 11.8. The highest BCUT2D eigenvalue weighted by atomic mass is 35.5. The van der Waals surface area contributed by atoms with Crippen molar-refractivity contribution in [2.45, 2.75) is 55.8 Å². The van der Waals surface area contributed by atoms with E-state index in [2.05, 4.69) is 74.7 Å². The molecule has 86 valence electrons. The first-order valence-corrected chi connectivity index (χ1v) is 8.84. The van der Waals surface area contributed by atoms with Gasteiger partial charge >= 0.3 is 0 Å². The second-order valence-corrected chi connectivity index (χ2v) is 14.5. The quantitative estimate of drug-likeness (QED) is 0.588. The van der Waals surface area contributed by atoms with Gasteiger partial charge in [0, 0.05) is 0 Å². The van der Waals surface area contributed by atoms with Crippen LogP contribution in [0.3, 0.4) is 0 Å². The number of thioether (sulfide) groups is 4. The largest absolute Gasteiger partial charge is 0.125 e. The van der Waals surface area contributed by atoms with E-state index in [-0.39, 0.29) is 13.5 Å². The van der Waals surface area contributed by atoms with Gasteiger partial charge in [0.25, 0.3) is 0 Å². The van der Waals surface area contributed by atoms with E-state index >= 15 is 0 Å². The zero-order valence-corrected chi connectivity index (χ0v) is 13.3. The molecule has 15 heavy (non-hydrogen) atoms. The Labute approximate surface area is 114 Å². The van der Waals surface area contributed by atoms with Crippen LogP contribution in [0.25, 0.3) is 0 Å². The molecule has 0 unspecified atom stereocenters. The molecule has 0 aromatic carbocycles. The van der Waals surface area contributed by atoms with Gasteiger partial charge in [0.2, 0.25) is 0 Å². The maximum atomic E-state index is 6.69. The molecule has 0 N–H and O–H groups in total. The second-order valence-electron chi connectivity index (χ2n) is 5.25. The number of rotatable bonds is 0. The first-order valence-electron chi connectivity index (χ1n) is 5.14. The third-order valence-electron chi connectivity index (χ3n) is 3.24. The topological polar surface area (TPSA) is 0 Å². The Balaban J connectivity index is 2.12. The van der Waals surface area contributed by atoms with Gasteiger partial charge in [-0.2, -0.15) is 0 Å². The van der Waals surface area contributed by atoms with Crippen LogP contribution in [0.15, 0.2) is 0 Å². The van der Waals surface area contributed by atoms with E-state index in [1.54, 1.807) is 0 Å². The van der Waals surface area contributed by atoms with Gasteiger partial charge in [0.1, 0.15) is 0 Å². The molecule has 0 nitrogen and oxygen atoms in total. The molecule has 0 aromatic rings. The Bertz CT molecular complexity index is 287. The number of halogens is 1. The molecule has 4 aliphatic heterocycles. The SMILES string of the molecule is CC12CC3(C)SC(C)(S1)C(Cl)C(C)(S2)S3. The number of hydrogen-bond donors (Lipinski definition) is 0. The summed E-state index contributed by atoms with van der Waals surface area (Å²) in [4.78, 5) is 0. The zero-order chi connectivity index (χ0) is 11.1. The third kappa shape index (κ3) is 1.54. The van der Waals surface area contributed by atoms with E-state index in [1.807, 2.05) is 0 Å². The molecule has 0 amide bonds. The van der Waals surface area contributed by atoms with E-state index in [0.717, 1.165) is 0 Å². The van der Waals surface area contributed by atoms with Crippen LogP contribution in [0.4, 0.5) is 0 Å². The Kier molecular flexibility index (Phi) is 2.34. The van der Waals surface area contributed by atoms with Gasteiger partial charge in [-0.1, -0.05) is 0 Å². The van der Waals surface area contributed by atoms with Crippen molar-refractivity contribution in [3.8, 4) is 0 Å². The molecule has 0 spiro atoms. The van der Waals surface area contributed by atoms with Crippen molar-refractivity contribution in [1.82, 2.24) is 0 Å². The maximum absolute atomic E-state index is 6.69. The first-order chi connectivity index (χ1) is 6.69. The fourth-order valence-corrected chi connectivity index (χ4v) is 16.2. The number of alkyl halides is 1. The molecule has 0 aliphatic carbocycles. The highest BCUT2D eigenvalue weighted by Crippen LogP contribution is 2.81. The van der Waals surface area contributed by atoms with Crippen LogP contribution >= 0.6 is 58.6 Å². The molecule has 5 heteroatoms. The second kappa shape index (κ2) is 2.98. The fourth-order valence-electron chi connectivity index (χ4n) is 3.21. The van der Waals surface area contributed by atoms with Crippen LogP contribution in [-0.2, 0) is 0 Å². The summed E-state index contributed by atoms with van der Waals surface area (Å²) in [6.07, 6.45) is 1.29. The standard InChI is InChI=1S/C10H15ClS4/c1-7-5-8(2)14-9(3,12-7)6(11)10(4,13-7)15-8/h6H,5H2,1-4H3. The van der Waals surface area contributed by atoms with E-state index in [0.29, 0.717) is 8.16 Å². The Morgan fingerprint density at radius 3 is 1.53 bits per heavy atom. The van der Waals surface area contributed by atoms with Crippen LogP contribution in [0.5, 0.6) is 0 Å². The summed E-state index contributed by atoms with van der Waals surface area (Å²) in [7, 11) is 0. The van der Waals surface area contributed by atoms with Crippen LogP contribution < -0.4 is 0 Å². The summed E-state index contributed by atoms with van der Waals surface area (Å²) in [5.41, 5.74) is 0. The smallest absolute Gasteiger partial charge is 0.0809 e. The van der Waals surface area contributed by atoms with Crippen molar-refractivity contribution >= 4 is 58.6 Å². The maximum Gasteiger partial charge on any atom is 0.0809 e. The lowest BCUT2D eigenvalue weighted by atomic mass is 10.2. The predicted octanol–water partition coefficient (Wildman–Crippen LogP) is 4.82. The summed E-state index contributed by atoms with van der Waals surface area (Å²) < 4.78 is 1.16. The molecule has 0 saturated carbocycles. The van der Waals surface area contributed by atoms with Gasteiger partial charge in [-0.15, -0.1) is 58.6 Å². The van der Waals surface area contributed by atoms with Crippen molar-refractivity contribution in [2.75, 3.05) is 0 Å². The lowest BCUT2D eigenvalue weighted by Crippen LogP contribution is -2.63. The molecule has 4 bridgehead atoms. The molecule has 0 radical (unpaired) electrons. The van der Waals surface area contributed by atoms with Gasteiger partial charge in [-0.3, -0.25) is 0 Å². The molecule has 4 saturated heterocycles. The Morgan fingerprint density at radius 2 is 1.20 bits per heavy atom. The summed E-state index contributed by atoms with van der Waals surface area (Å²) >= 11 is 15.1. The van der Waals surface area contributed by atoms with E-state index in [1.165, 1.54) is 6.42 Å². The minimum Gasteiger partial charge on any atom is -0.125 e. The van der Waals surface area contributed by atoms with Gasteiger partial charge in [-0.25, -0.2) is 0 Å². The van der Waals surface area contributed by atoms with E-state index in [4.69, 9.17) is 11.6 Å². The summed E-state index contributed by atoms with van der Waals surface area (Å²) in [6, 6.07) is 0. The van der Waals surface area contributed by atoms with Gasteiger partial charge in [-0.05, 0) is 34.1 Å². The van der Waals surface area contributed by atoms with Crippen molar-refractivity contribution < 1.29 is 0 Å². The van der Waals surface area contributed by atoms with Gasteiger partial charge in [0.05, 0.1) is 21.7 Å². The summed E-state index contributed by atoms with van der Waals surface area (Å²) in [5, 5.41) is 0.261. The summed E-state index contributed by atoms with van der Waals surface area (Å²) in [5.74, 6) is 0. The highest BCUT2D eigenvalue weighted by Gasteiger charge is 2.69. The zero-order valence-electron chi connectivity index (χ0n) is 9.30. The van der Waals surface area contributed by atoms with Crippen LogP contribution in [-0.4, -0.2) is 21.7 Å². The average Bonchev–Trinajstić information content (AvgIpc) is 1.93. The van der Waals surface area contributed by atoms with Crippen molar-refractivity contribution in [1.29, 1.82) is 0 Å². The molecular weight excluding hydrogens is 284 g/mol. The molecule has 0 atom stereocenters. The van der Waals surface area contributed by atoms with Crippen molar-refractivity contribution in [3.63, 3.8) is 0 Å². The fraction of sp³-hybridized carbons (Fsp3) is 1.00. The minimum absolute atomic E-state index is 0.203. The highest BCUT2D eigenvalue weighted by molar-refractivity contribution is 8.38. The van der Waals surface area contributed by atoms with Crippen molar-refractivity contribution in [2.24, 2.45) is 0 Å². The predicted molar refractivity (Wildman–Crippen MR) is 78.2 cm³/mol. The Hall–Kier alpha value is 1.69. The molecule has 4 aliphatic rings. The van der Waals surface area contributed by atoms with Crippen LogP contribution in [0.1, 0.15) is 34.1 Å². The van der Waals surface area contributed by atoms with Crippen molar-refractivity contribution in [3.05, 3.63) is 0 Å². The lowest BCUT2D eigenvalue weighted by Gasteiger charge is -2.67. The monoisotopic (exact) mass is 298 g/mol. The van der Waals surface area contributed by atoms with Crippen LogP contribution in [0, 0.1) is 0 Å². The Morgan fingerprint density at radius 1 is 0.867 bits per heavy atom. The van der Waals surface area contributed by atoms with E-state index < -0.39 is 0 Å². The normalized spacial score (nSPS) is 67.4. The van der Waals surface area contributed by atoms with Gasteiger partial charge < -0.3 is 0 Å². The molecule has 4 heterocycles. The molecular formula is C10H15ClS4. The van der Waals surface area contributed by atoms with Crippen LogP contribution in [0.2, 0.25) is 0 Å². The van der Waals surface area contributed by atoms with Gasteiger partial charge in [0.15, 0.2) is 0 Å². The third-order valence-corrected chi connectivity index (χ3v) is 11.5. The molecule has 4 rings (SSSR count). The molecule has 4 fully saturated rings. The minimum atomic E-state index is 0.203. The average molecular weight is 299 g/mol. The lowest BCUT2D eigenvalue weighted by molar-refractivity contribution is 0.597. The van der Waals surface area contributed by atoms with E-state index in [9.17, 15) is 0 Å². The summed E-state index contributed by atoms with van der Waals surface area (Å²) in [6.45, 7) is 9.49.